The highest BCUT2D eigenvalue weighted by Gasteiger charge is 2.13. The van der Waals surface area contributed by atoms with E-state index in [4.69, 9.17) is 5.73 Å². The second-order valence-corrected chi connectivity index (χ2v) is 6.57. The number of likely N-dealkylation sites (tertiary alicyclic amines) is 1. The van der Waals surface area contributed by atoms with Crippen LogP contribution in [0.3, 0.4) is 0 Å². The highest BCUT2D eigenvalue weighted by molar-refractivity contribution is 6.03. The van der Waals surface area contributed by atoms with Crippen LogP contribution in [0, 0.1) is 6.92 Å². The Hall–Kier alpha value is -2.51. The van der Waals surface area contributed by atoms with Gasteiger partial charge in [0.25, 0.3) is 5.91 Å². The fraction of sp³-hybridized carbons (Fsp3) is 0.421. The molecule has 0 unspecified atom stereocenters. The van der Waals surface area contributed by atoms with Crippen LogP contribution in [0.25, 0.3) is 0 Å². The number of benzene rings is 1. The maximum absolute atomic E-state index is 12.5. The number of amides is 1. The molecule has 0 bridgehead atoms. The summed E-state index contributed by atoms with van der Waals surface area (Å²) in [6.45, 7) is 6.18. The predicted octanol–water partition coefficient (Wildman–Crippen LogP) is 2.00. The SMILES string of the molecule is Cc1cc(C(=O)Nc2ccc(CN3CCCC3)cc2)nc(NCCN)n1. The molecule has 1 fully saturated rings. The van der Waals surface area contributed by atoms with Crippen molar-refractivity contribution in [3.63, 3.8) is 0 Å². The Morgan fingerprint density at radius 2 is 1.92 bits per heavy atom. The molecule has 0 atom stereocenters. The minimum absolute atomic E-state index is 0.251. The smallest absolute Gasteiger partial charge is 0.274 e. The van der Waals surface area contributed by atoms with Crippen molar-refractivity contribution in [3.05, 3.63) is 47.3 Å². The van der Waals surface area contributed by atoms with Gasteiger partial charge >= 0.3 is 0 Å². The summed E-state index contributed by atoms with van der Waals surface area (Å²) in [5, 5.41) is 5.90. The van der Waals surface area contributed by atoms with E-state index in [1.165, 1.54) is 31.5 Å². The Morgan fingerprint density at radius 1 is 1.19 bits per heavy atom. The van der Waals surface area contributed by atoms with E-state index in [9.17, 15) is 4.79 Å². The Labute approximate surface area is 154 Å². The minimum atomic E-state index is -0.251. The Bertz CT molecular complexity index is 740. The first-order chi connectivity index (χ1) is 12.6. The number of aryl methyl sites for hydroxylation is 1. The summed E-state index contributed by atoms with van der Waals surface area (Å²) >= 11 is 0. The van der Waals surface area contributed by atoms with E-state index in [0.717, 1.165) is 17.9 Å². The summed E-state index contributed by atoms with van der Waals surface area (Å²) < 4.78 is 0. The lowest BCUT2D eigenvalue weighted by Gasteiger charge is -2.14. The van der Waals surface area contributed by atoms with Gasteiger partial charge in [-0.2, -0.15) is 0 Å². The van der Waals surface area contributed by atoms with Crippen molar-refractivity contribution in [2.24, 2.45) is 5.73 Å². The molecule has 1 amide bonds. The van der Waals surface area contributed by atoms with Crippen LogP contribution in [0.1, 0.15) is 34.6 Å². The fourth-order valence-corrected chi connectivity index (χ4v) is 3.04. The summed E-state index contributed by atoms with van der Waals surface area (Å²) in [7, 11) is 0. The molecule has 1 saturated heterocycles. The highest BCUT2D eigenvalue weighted by atomic mass is 16.1. The van der Waals surface area contributed by atoms with E-state index < -0.39 is 0 Å². The van der Waals surface area contributed by atoms with E-state index >= 15 is 0 Å². The van der Waals surface area contributed by atoms with Gasteiger partial charge in [0, 0.05) is 31.0 Å². The summed E-state index contributed by atoms with van der Waals surface area (Å²) in [4.78, 5) is 23.5. The Morgan fingerprint density at radius 3 is 2.62 bits per heavy atom. The van der Waals surface area contributed by atoms with Crippen LogP contribution in [-0.2, 0) is 6.54 Å². The lowest BCUT2D eigenvalue weighted by atomic mass is 10.2. The topological polar surface area (TPSA) is 96.2 Å². The molecule has 0 aliphatic carbocycles. The zero-order chi connectivity index (χ0) is 18.4. The number of aromatic nitrogens is 2. The second-order valence-electron chi connectivity index (χ2n) is 6.57. The van der Waals surface area contributed by atoms with Gasteiger partial charge in [-0.25, -0.2) is 9.97 Å². The third-order valence-corrected chi connectivity index (χ3v) is 4.33. The molecular formula is C19H26N6O. The molecule has 7 heteroatoms. The minimum Gasteiger partial charge on any atom is -0.353 e. The molecule has 1 aliphatic rings. The number of hydrogen-bond donors (Lipinski definition) is 3. The van der Waals surface area contributed by atoms with Crippen molar-refractivity contribution in [2.45, 2.75) is 26.3 Å². The zero-order valence-corrected chi connectivity index (χ0v) is 15.2. The molecule has 138 valence electrons. The van der Waals surface area contributed by atoms with Crippen LogP contribution in [0.4, 0.5) is 11.6 Å². The van der Waals surface area contributed by atoms with Gasteiger partial charge in [-0.3, -0.25) is 9.69 Å². The monoisotopic (exact) mass is 354 g/mol. The van der Waals surface area contributed by atoms with E-state index in [0.29, 0.717) is 24.7 Å². The molecule has 3 rings (SSSR count). The lowest BCUT2D eigenvalue weighted by molar-refractivity contribution is 0.102. The van der Waals surface area contributed by atoms with Gasteiger partial charge in [-0.1, -0.05) is 12.1 Å². The lowest BCUT2D eigenvalue weighted by Crippen LogP contribution is -2.19. The molecule has 2 heterocycles. The molecule has 1 aromatic heterocycles. The van der Waals surface area contributed by atoms with Crippen LogP contribution in [-0.4, -0.2) is 47.0 Å². The summed E-state index contributed by atoms with van der Waals surface area (Å²) in [6, 6.07) is 9.67. The van der Waals surface area contributed by atoms with Gasteiger partial charge in [0.2, 0.25) is 5.95 Å². The maximum Gasteiger partial charge on any atom is 0.274 e. The number of rotatable bonds is 7. The number of hydrogen-bond acceptors (Lipinski definition) is 6. The van der Waals surface area contributed by atoms with Crippen molar-refractivity contribution in [1.29, 1.82) is 0 Å². The summed E-state index contributed by atoms with van der Waals surface area (Å²) in [5.41, 5.74) is 8.55. The summed E-state index contributed by atoms with van der Waals surface area (Å²) in [6.07, 6.45) is 2.57. The van der Waals surface area contributed by atoms with Crippen LogP contribution in [0.15, 0.2) is 30.3 Å². The standard InChI is InChI=1S/C19H26N6O/c1-14-12-17(24-19(22-14)21-9-8-20)18(26)23-16-6-4-15(5-7-16)13-25-10-2-3-11-25/h4-7,12H,2-3,8-11,13,20H2,1H3,(H,23,26)(H,21,22,24). The van der Waals surface area contributed by atoms with Crippen molar-refractivity contribution in [2.75, 3.05) is 36.8 Å². The number of nitrogens with zero attached hydrogens (tertiary/aromatic N) is 3. The molecule has 7 nitrogen and oxygen atoms in total. The Kier molecular flexibility index (Phi) is 6.14. The highest BCUT2D eigenvalue weighted by Crippen LogP contribution is 2.16. The molecule has 26 heavy (non-hydrogen) atoms. The van der Waals surface area contributed by atoms with Crippen molar-refractivity contribution >= 4 is 17.5 Å². The normalized spacial score (nSPS) is 14.4. The molecule has 0 saturated carbocycles. The number of carbonyl (C=O) groups is 1. The molecule has 0 radical (unpaired) electrons. The molecule has 4 N–H and O–H groups in total. The Balaban J connectivity index is 1.62. The fourth-order valence-electron chi connectivity index (χ4n) is 3.04. The van der Waals surface area contributed by atoms with Crippen molar-refractivity contribution < 1.29 is 4.79 Å². The first-order valence-electron chi connectivity index (χ1n) is 9.06. The maximum atomic E-state index is 12.5. The zero-order valence-electron chi connectivity index (χ0n) is 15.2. The van der Waals surface area contributed by atoms with E-state index in [1.807, 2.05) is 19.1 Å². The van der Waals surface area contributed by atoms with Gasteiger partial charge < -0.3 is 16.4 Å². The molecular weight excluding hydrogens is 328 g/mol. The van der Waals surface area contributed by atoms with Crippen molar-refractivity contribution in [1.82, 2.24) is 14.9 Å². The number of anilines is 2. The van der Waals surface area contributed by atoms with Crippen LogP contribution in [0.5, 0.6) is 0 Å². The second kappa shape index (κ2) is 8.73. The first kappa shape index (κ1) is 18.3. The van der Waals surface area contributed by atoms with Gasteiger partial charge in [-0.15, -0.1) is 0 Å². The summed E-state index contributed by atoms with van der Waals surface area (Å²) in [5.74, 6) is 0.167. The first-order valence-corrected chi connectivity index (χ1v) is 9.06. The predicted molar refractivity (Wildman–Crippen MR) is 103 cm³/mol. The van der Waals surface area contributed by atoms with Crippen LogP contribution >= 0.6 is 0 Å². The third-order valence-electron chi connectivity index (χ3n) is 4.33. The quantitative estimate of drug-likeness (QED) is 0.704. The average Bonchev–Trinajstić information content (AvgIpc) is 3.14. The van der Waals surface area contributed by atoms with Gasteiger partial charge in [-0.05, 0) is 56.6 Å². The van der Waals surface area contributed by atoms with Crippen LogP contribution < -0.4 is 16.4 Å². The molecule has 1 aromatic carbocycles. The largest absolute Gasteiger partial charge is 0.353 e. The molecule has 1 aliphatic heterocycles. The van der Waals surface area contributed by atoms with Gasteiger partial charge in [0.15, 0.2) is 0 Å². The van der Waals surface area contributed by atoms with Crippen LogP contribution in [0.2, 0.25) is 0 Å². The van der Waals surface area contributed by atoms with E-state index in [-0.39, 0.29) is 5.91 Å². The number of carbonyl (C=O) groups excluding carboxylic acids is 1. The average molecular weight is 354 g/mol. The van der Waals surface area contributed by atoms with E-state index in [2.05, 4.69) is 37.6 Å². The van der Waals surface area contributed by atoms with E-state index in [1.54, 1.807) is 6.07 Å². The van der Waals surface area contributed by atoms with Gasteiger partial charge in [0.05, 0.1) is 0 Å². The van der Waals surface area contributed by atoms with Gasteiger partial charge in [0.1, 0.15) is 5.69 Å². The molecule has 0 spiro atoms. The van der Waals surface area contributed by atoms with Crippen molar-refractivity contribution in [3.8, 4) is 0 Å². The molecule has 2 aromatic rings. The number of nitrogens with one attached hydrogen (secondary N) is 2. The number of nitrogens with two attached hydrogens (primary N) is 1. The third kappa shape index (κ3) is 5.00.